The van der Waals surface area contributed by atoms with Crippen LogP contribution in [-0.4, -0.2) is 20.1 Å². The van der Waals surface area contributed by atoms with Gasteiger partial charge in [-0.05, 0) is 17.7 Å². The Bertz CT molecular complexity index is 437. The quantitative estimate of drug-likeness (QED) is 0.699. The highest BCUT2D eigenvalue weighted by molar-refractivity contribution is 6.06. The van der Waals surface area contributed by atoms with Gasteiger partial charge in [-0.25, -0.2) is 0 Å². The van der Waals surface area contributed by atoms with Crippen LogP contribution in [0.5, 0.6) is 5.75 Å². The minimum atomic E-state index is 0.0701. The van der Waals surface area contributed by atoms with E-state index in [1.807, 2.05) is 18.2 Å². The van der Waals surface area contributed by atoms with Crippen LogP contribution in [0.15, 0.2) is 24.8 Å². The third-order valence-electron chi connectivity index (χ3n) is 2.69. The van der Waals surface area contributed by atoms with Gasteiger partial charge < -0.3 is 9.64 Å². The number of carbonyl (C=O) groups is 1. The number of amides is 1. The van der Waals surface area contributed by atoms with Crippen LogP contribution in [0.3, 0.4) is 0 Å². The average molecular weight is 203 g/mol. The lowest BCUT2D eigenvalue weighted by Gasteiger charge is -2.27. The lowest BCUT2D eigenvalue weighted by molar-refractivity contribution is -0.117. The largest absolute Gasteiger partial charge is 0.497 e. The molecule has 78 valence electrons. The van der Waals surface area contributed by atoms with Crippen molar-refractivity contribution in [2.75, 3.05) is 19.1 Å². The highest BCUT2D eigenvalue weighted by Crippen LogP contribution is 2.35. The minimum absolute atomic E-state index is 0.0701. The summed E-state index contributed by atoms with van der Waals surface area (Å²) in [5.74, 6) is 0.823. The molecule has 2 rings (SSSR count). The summed E-state index contributed by atoms with van der Waals surface area (Å²) < 4.78 is 5.13. The highest BCUT2D eigenvalue weighted by Gasteiger charge is 2.23. The Hall–Kier alpha value is -1.77. The van der Waals surface area contributed by atoms with Crippen molar-refractivity contribution in [3.63, 3.8) is 0 Å². The molecule has 0 fully saturated rings. The van der Waals surface area contributed by atoms with Crippen molar-refractivity contribution in [2.24, 2.45) is 0 Å². The van der Waals surface area contributed by atoms with Gasteiger partial charge in [0, 0.05) is 18.7 Å². The summed E-state index contributed by atoms with van der Waals surface area (Å²) in [6.07, 6.45) is 0.399. The Labute approximate surface area is 89.0 Å². The van der Waals surface area contributed by atoms with Crippen molar-refractivity contribution in [2.45, 2.75) is 6.42 Å². The number of ether oxygens (including phenoxy) is 1. The Balaban J connectivity index is 2.56. The molecular weight excluding hydrogens is 190 g/mol. The van der Waals surface area contributed by atoms with Gasteiger partial charge in [-0.15, -0.1) is 0 Å². The lowest BCUT2D eigenvalue weighted by Crippen LogP contribution is -2.30. The topological polar surface area (TPSA) is 29.5 Å². The summed E-state index contributed by atoms with van der Waals surface area (Å²) in [7, 11) is 3.38. The summed E-state index contributed by atoms with van der Waals surface area (Å²) in [5, 5.41) is 0. The molecule has 0 unspecified atom stereocenters. The van der Waals surface area contributed by atoms with Gasteiger partial charge in [0.25, 0.3) is 0 Å². The van der Waals surface area contributed by atoms with Gasteiger partial charge in [0.2, 0.25) is 5.91 Å². The van der Waals surface area contributed by atoms with E-state index < -0.39 is 0 Å². The number of nitrogens with zero attached hydrogens (tertiary/aromatic N) is 1. The molecule has 0 radical (unpaired) electrons. The molecule has 0 saturated carbocycles. The molecule has 0 saturated heterocycles. The first-order valence-electron chi connectivity index (χ1n) is 4.76. The molecular formula is C12H13NO2. The zero-order valence-corrected chi connectivity index (χ0v) is 8.91. The van der Waals surface area contributed by atoms with Crippen LogP contribution < -0.4 is 9.64 Å². The molecule has 1 aliphatic rings. The van der Waals surface area contributed by atoms with Gasteiger partial charge in [-0.3, -0.25) is 4.79 Å². The van der Waals surface area contributed by atoms with E-state index in [2.05, 4.69) is 6.58 Å². The van der Waals surface area contributed by atoms with E-state index in [9.17, 15) is 4.79 Å². The second kappa shape index (κ2) is 3.42. The number of rotatable bonds is 1. The Morgan fingerprint density at radius 1 is 1.47 bits per heavy atom. The smallest absolute Gasteiger partial charge is 0.231 e. The zero-order chi connectivity index (χ0) is 11.0. The molecule has 0 bridgehead atoms. The van der Waals surface area contributed by atoms with Crippen LogP contribution in [0.2, 0.25) is 0 Å². The van der Waals surface area contributed by atoms with Gasteiger partial charge in [-0.2, -0.15) is 0 Å². The predicted molar refractivity (Wildman–Crippen MR) is 60.1 cm³/mol. The van der Waals surface area contributed by atoms with Gasteiger partial charge >= 0.3 is 0 Å². The summed E-state index contributed by atoms with van der Waals surface area (Å²) in [6, 6.07) is 5.69. The van der Waals surface area contributed by atoms with Crippen LogP contribution in [0, 0.1) is 0 Å². The Kier molecular flexibility index (Phi) is 2.23. The summed E-state index contributed by atoms with van der Waals surface area (Å²) >= 11 is 0. The van der Waals surface area contributed by atoms with Crippen molar-refractivity contribution in [3.8, 4) is 5.75 Å². The standard InChI is InChI=1S/C12H13NO2/c1-8-6-12(14)13(2)11-7-9(15-3)4-5-10(8)11/h4-5,7H,1,6H2,2-3H3. The molecule has 0 aromatic heterocycles. The molecule has 1 aliphatic heterocycles. The fraction of sp³-hybridized carbons (Fsp3) is 0.250. The van der Waals surface area contributed by atoms with Gasteiger partial charge in [0.05, 0.1) is 19.2 Å². The van der Waals surface area contributed by atoms with Gasteiger partial charge in [-0.1, -0.05) is 6.58 Å². The normalized spacial score (nSPS) is 15.2. The number of carbonyl (C=O) groups excluding carboxylic acids is 1. The van der Waals surface area contributed by atoms with Crippen molar-refractivity contribution in [1.82, 2.24) is 0 Å². The third-order valence-corrected chi connectivity index (χ3v) is 2.69. The fourth-order valence-electron chi connectivity index (χ4n) is 1.75. The third kappa shape index (κ3) is 1.50. The molecule has 1 amide bonds. The zero-order valence-electron chi connectivity index (χ0n) is 8.91. The van der Waals surface area contributed by atoms with Crippen molar-refractivity contribution in [3.05, 3.63) is 30.3 Å². The molecule has 15 heavy (non-hydrogen) atoms. The second-order valence-corrected chi connectivity index (χ2v) is 3.62. The summed E-state index contributed by atoms with van der Waals surface area (Å²) in [6.45, 7) is 3.91. The van der Waals surface area contributed by atoms with Crippen molar-refractivity contribution >= 4 is 17.2 Å². The fourth-order valence-corrected chi connectivity index (χ4v) is 1.75. The van der Waals surface area contributed by atoms with E-state index in [0.29, 0.717) is 6.42 Å². The number of hydrogen-bond acceptors (Lipinski definition) is 2. The monoisotopic (exact) mass is 203 g/mol. The summed E-state index contributed by atoms with van der Waals surface area (Å²) in [5.41, 5.74) is 2.77. The minimum Gasteiger partial charge on any atom is -0.497 e. The molecule has 1 heterocycles. The summed E-state index contributed by atoms with van der Waals surface area (Å²) in [4.78, 5) is 13.2. The molecule has 0 aliphatic carbocycles. The molecule has 0 N–H and O–H groups in total. The molecule has 1 aromatic carbocycles. The molecule has 0 atom stereocenters. The van der Waals surface area contributed by atoms with E-state index in [1.54, 1.807) is 19.1 Å². The number of fused-ring (bicyclic) bond motifs is 1. The van der Waals surface area contributed by atoms with E-state index in [1.165, 1.54) is 0 Å². The first-order valence-corrected chi connectivity index (χ1v) is 4.76. The van der Waals surface area contributed by atoms with E-state index in [0.717, 1.165) is 22.6 Å². The van der Waals surface area contributed by atoms with E-state index >= 15 is 0 Å². The second-order valence-electron chi connectivity index (χ2n) is 3.62. The SMILES string of the molecule is C=C1CC(=O)N(C)c2cc(OC)ccc21. The molecule has 3 heteroatoms. The van der Waals surface area contributed by atoms with Crippen molar-refractivity contribution < 1.29 is 9.53 Å². The van der Waals surface area contributed by atoms with Gasteiger partial charge in [0.1, 0.15) is 5.75 Å². The number of benzene rings is 1. The number of anilines is 1. The van der Waals surface area contributed by atoms with Gasteiger partial charge in [0.15, 0.2) is 0 Å². The van der Waals surface area contributed by atoms with Crippen LogP contribution in [0.1, 0.15) is 12.0 Å². The van der Waals surface area contributed by atoms with E-state index in [-0.39, 0.29) is 5.91 Å². The predicted octanol–water partition coefficient (Wildman–Crippen LogP) is 2.07. The first kappa shape index (κ1) is 9.77. The molecule has 0 spiro atoms. The maximum absolute atomic E-state index is 11.6. The Morgan fingerprint density at radius 3 is 2.87 bits per heavy atom. The highest BCUT2D eigenvalue weighted by atomic mass is 16.5. The van der Waals surface area contributed by atoms with E-state index in [4.69, 9.17) is 4.74 Å². The number of hydrogen-bond donors (Lipinski definition) is 0. The molecule has 3 nitrogen and oxygen atoms in total. The van der Waals surface area contributed by atoms with Crippen LogP contribution in [-0.2, 0) is 4.79 Å². The Morgan fingerprint density at radius 2 is 2.20 bits per heavy atom. The molecule has 1 aromatic rings. The maximum atomic E-state index is 11.6. The van der Waals surface area contributed by atoms with Crippen LogP contribution >= 0.6 is 0 Å². The van der Waals surface area contributed by atoms with Crippen LogP contribution in [0.25, 0.3) is 5.57 Å². The number of methoxy groups -OCH3 is 1. The average Bonchev–Trinajstić information content (AvgIpc) is 2.25. The maximum Gasteiger partial charge on any atom is 0.231 e. The van der Waals surface area contributed by atoms with Crippen LogP contribution in [0.4, 0.5) is 5.69 Å². The van der Waals surface area contributed by atoms with Crippen molar-refractivity contribution in [1.29, 1.82) is 0 Å². The first-order chi connectivity index (χ1) is 7.13. The lowest BCUT2D eigenvalue weighted by atomic mass is 9.97.